The van der Waals surface area contributed by atoms with Crippen LogP contribution in [0, 0.1) is 5.41 Å². The first-order valence-electron chi connectivity index (χ1n) is 6.11. The van der Waals surface area contributed by atoms with Gasteiger partial charge in [0.25, 0.3) is 0 Å². The predicted octanol–water partition coefficient (Wildman–Crippen LogP) is 2.54. The monoisotopic (exact) mass is 281 g/mol. The first kappa shape index (κ1) is 13.9. The third-order valence-electron chi connectivity index (χ3n) is 3.44. The van der Waals surface area contributed by atoms with Gasteiger partial charge in [-0.2, -0.15) is 0 Å². The van der Waals surface area contributed by atoms with Crippen LogP contribution in [-0.2, 0) is 16.1 Å². The molecule has 0 unspecified atom stereocenters. The van der Waals surface area contributed by atoms with Crippen LogP contribution in [0.5, 0.6) is 0 Å². The van der Waals surface area contributed by atoms with E-state index in [1.54, 1.807) is 18.2 Å². The predicted molar refractivity (Wildman–Crippen MR) is 72.0 cm³/mol. The highest BCUT2D eigenvalue weighted by molar-refractivity contribution is 6.33. The van der Waals surface area contributed by atoms with Gasteiger partial charge in [-0.25, -0.2) is 4.79 Å². The van der Waals surface area contributed by atoms with E-state index in [0.29, 0.717) is 17.1 Å². The Balaban J connectivity index is 2.04. The summed E-state index contributed by atoms with van der Waals surface area (Å²) in [6.07, 6.45) is 1.87. The first-order chi connectivity index (χ1) is 8.96. The molecule has 19 heavy (non-hydrogen) atoms. The van der Waals surface area contributed by atoms with Crippen molar-refractivity contribution in [2.75, 3.05) is 7.11 Å². The Hall–Kier alpha value is -1.55. The topological polar surface area (TPSA) is 55.4 Å². The Morgan fingerprint density at radius 3 is 2.68 bits per heavy atom. The lowest BCUT2D eigenvalue weighted by molar-refractivity contribution is -0.125. The van der Waals surface area contributed by atoms with Crippen molar-refractivity contribution in [3.63, 3.8) is 0 Å². The number of hydrogen-bond acceptors (Lipinski definition) is 3. The quantitative estimate of drug-likeness (QED) is 0.863. The second kappa shape index (κ2) is 5.21. The van der Waals surface area contributed by atoms with Crippen LogP contribution in [0.25, 0.3) is 0 Å². The maximum atomic E-state index is 11.8. The largest absolute Gasteiger partial charge is 0.465 e. The molecule has 0 aromatic heterocycles. The molecule has 1 aromatic carbocycles. The lowest BCUT2D eigenvalue weighted by Crippen LogP contribution is -2.29. The Kier molecular flexibility index (Phi) is 3.80. The van der Waals surface area contributed by atoms with E-state index in [2.05, 4.69) is 10.1 Å². The second-order valence-electron chi connectivity index (χ2n) is 5.05. The second-order valence-corrected chi connectivity index (χ2v) is 5.46. The maximum absolute atomic E-state index is 11.8. The Labute approximate surface area is 117 Å². The summed E-state index contributed by atoms with van der Waals surface area (Å²) in [5.41, 5.74) is 0.938. The summed E-state index contributed by atoms with van der Waals surface area (Å²) in [6, 6.07) is 5.06. The van der Waals surface area contributed by atoms with Gasteiger partial charge in [0.1, 0.15) is 0 Å². The van der Waals surface area contributed by atoms with Gasteiger partial charge in [0.15, 0.2) is 0 Å². The lowest BCUT2D eigenvalue weighted by Gasteiger charge is -2.11. The average Bonchev–Trinajstić information content (AvgIpc) is 3.16. The normalized spacial score (nSPS) is 15.7. The molecule has 0 saturated heterocycles. The number of carbonyl (C=O) groups excluding carboxylic acids is 2. The van der Waals surface area contributed by atoms with Crippen molar-refractivity contribution in [2.45, 2.75) is 26.3 Å². The molecular formula is C14H16ClNO3. The summed E-state index contributed by atoms with van der Waals surface area (Å²) < 4.78 is 4.65. The van der Waals surface area contributed by atoms with Crippen molar-refractivity contribution in [2.24, 2.45) is 5.41 Å². The third kappa shape index (κ3) is 3.07. The fourth-order valence-electron chi connectivity index (χ4n) is 1.76. The Morgan fingerprint density at radius 1 is 1.42 bits per heavy atom. The van der Waals surface area contributed by atoms with E-state index in [1.807, 2.05) is 6.92 Å². The van der Waals surface area contributed by atoms with Crippen molar-refractivity contribution in [1.29, 1.82) is 0 Å². The lowest BCUT2D eigenvalue weighted by atomic mass is 10.1. The number of hydrogen-bond donors (Lipinski definition) is 1. The van der Waals surface area contributed by atoms with Crippen LogP contribution in [0.15, 0.2) is 18.2 Å². The summed E-state index contributed by atoms with van der Waals surface area (Å²) in [5, 5.41) is 3.21. The summed E-state index contributed by atoms with van der Waals surface area (Å²) in [6.45, 7) is 2.33. The average molecular weight is 282 g/mol. The number of methoxy groups -OCH3 is 1. The van der Waals surface area contributed by atoms with Crippen molar-refractivity contribution in [3.8, 4) is 0 Å². The van der Waals surface area contributed by atoms with Crippen molar-refractivity contribution >= 4 is 23.5 Å². The van der Waals surface area contributed by atoms with Crippen LogP contribution in [0.4, 0.5) is 0 Å². The maximum Gasteiger partial charge on any atom is 0.339 e. The fraction of sp³-hybridized carbons (Fsp3) is 0.429. The fourth-order valence-corrected chi connectivity index (χ4v) is 1.95. The molecule has 1 amide bonds. The van der Waals surface area contributed by atoms with E-state index >= 15 is 0 Å². The van der Waals surface area contributed by atoms with Gasteiger partial charge in [-0.05, 0) is 30.5 Å². The molecule has 1 saturated carbocycles. The summed E-state index contributed by atoms with van der Waals surface area (Å²) in [4.78, 5) is 23.3. The highest BCUT2D eigenvalue weighted by Gasteiger charge is 2.44. The van der Waals surface area contributed by atoms with E-state index in [4.69, 9.17) is 11.6 Å². The van der Waals surface area contributed by atoms with E-state index in [-0.39, 0.29) is 11.3 Å². The van der Waals surface area contributed by atoms with Gasteiger partial charge in [-0.3, -0.25) is 4.79 Å². The van der Waals surface area contributed by atoms with Gasteiger partial charge in [0.05, 0.1) is 17.7 Å². The Morgan fingerprint density at radius 2 is 2.11 bits per heavy atom. The SMILES string of the molecule is COC(=O)c1cc(CNC(=O)C2(C)CC2)ccc1Cl. The first-order valence-corrected chi connectivity index (χ1v) is 6.49. The summed E-state index contributed by atoms with van der Waals surface area (Å²) >= 11 is 5.93. The molecule has 0 bridgehead atoms. The molecule has 5 heteroatoms. The molecule has 0 radical (unpaired) electrons. The molecule has 0 aliphatic heterocycles. The number of benzene rings is 1. The number of ether oxygens (including phenoxy) is 1. The van der Waals surface area contributed by atoms with Crippen molar-refractivity contribution < 1.29 is 14.3 Å². The number of amides is 1. The molecular weight excluding hydrogens is 266 g/mol. The summed E-state index contributed by atoms with van der Waals surface area (Å²) in [7, 11) is 1.31. The number of rotatable bonds is 4. The molecule has 1 aliphatic rings. The van der Waals surface area contributed by atoms with Crippen LogP contribution in [0.2, 0.25) is 5.02 Å². The number of nitrogens with one attached hydrogen (secondary N) is 1. The van der Waals surface area contributed by atoms with E-state index in [9.17, 15) is 9.59 Å². The Bertz CT molecular complexity index is 523. The van der Waals surface area contributed by atoms with Crippen LogP contribution >= 0.6 is 11.6 Å². The van der Waals surface area contributed by atoms with Gasteiger partial charge >= 0.3 is 5.97 Å². The third-order valence-corrected chi connectivity index (χ3v) is 3.77. The number of carbonyl (C=O) groups is 2. The van der Waals surface area contributed by atoms with E-state index < -0.39 is 5.97 Å². The number of esters is 1. The highest BCUT2D eigenvalue weighted by atomic mass is 35.5. The van der Waals surface area contributed by atoms with Crippen LogP contribution in [-0.4, -0.2) is 19.0 Å². The van der Waals surface area contributed by atoms with E-state index in [0.717, 1.165) is 18.4 Å². The standard InChI is InChI=1S/C14H16ClNO3/c1-14(5-6-14)13(18)16-8-9-3-4-11(15)10(7-9)12(17)19-2/h3-4,7H,5-6,8H2,1-2H3,(H,16,18). The molecule has 102 valence electrons. The molecule has 2 rings (SSSR count). The van der Waals surface area contributed by atoms with Crippen molar-refractivity contribution in [1.82, 2.24) is 5.32 Å². The van der Waals surface area contributed by atoms with Crippen LogP contribution < -0.4 is 5.32 Å². The molecule has 1 aromatic rings. The zero-order valence-corrected chi connectivity index (χ0v) is 11.7. The van der Waals surface area contributed by atoms with E-state index in [1.165, 1.54) is 7.11 Å². The number of halogens is 1. The van der Waals surface area contributed by atoms with Gasteiger partial charge in [-0.15, -0.1) is 0 Å². The molecule has 1 N–H and O–H groups in total. The molecule has 0 spiro atoms. The molecule has 0 heterocycles. The zero-order valence-electron chi connectivity index (χ0n) is 11.0. The molecule has 0 atom stereocenters. The van der Waals surface area contributed by atoms with Crippen LogP contribution in [0.1, 0.15) is 35.7 Å². The minimum Gasteiger partial charge on any atom is -0.465 e. The molecule has 1 aliphatic carbocycles. The van der Waals surface area contributed by atoms with Gasteiger partial charge in [0, 0.05) is 12.0 Å². The van der Waals surface area contributed by atoms with Gasteiger partial charge < -0.3 is 10.1 Å². The van der Waals surface area contributed by atoms with Gasteiger partial charge in [-0.1, -0.05) is 24.6 Å². The zero-order chi connectivity index (χ0) is 14.0. The molecule has 1 fully saturated rings. The van der Waals surface area contributed by atoms with Crippen molar-refractivity contribution in [3.05, 3.63) is 34.3 Å². The minimum atomic E-state index is -0.479. The highest BCUT2D eigenvalue weighted by Crippen LogP contribution is 2.45. The summed E-state index contributed by atoms with van der Waals surface area (Å²) in [5.74, 6) is -0.422. The smallest absolute Gasteiger partial charge is 0.339 e. The minimum absolute atomic E-state index is 0.0575. The van der Waals surface area contributed by atoms with Crippen LogP contribution in [0.3, 0.4) is 0 Å². The molecule has 4 nitrogen and oxygen atoms in total. The van der Waals surface area contributed by atoms with Gasteiger partial charge in [0.2, 0.25) is 5.91 Å².